The number of hydrogen-bond acceptors (Lipinski definition) is 8. The lowest BCUT2D eigenvalue weighted by atomic mass is 10.1. The van der Waals surface area contributed by atoms with Crippen molar-refractivity contribution in [2.45, 2.75) is 20.3 Å². The lowest BCUT2D eigenvalue weighted by molar-refractivity contribution is -0.384. The zero-order valence-corrected chi connectivity index (χ0v) is 19.3. The first-order valence-electron chi connectivity index (χ1n) is 10.5. The third-order valence-corrected chi connectivity index (χ3v) is 6.54. The zero-order chi connectivity index (χ0) is 24.4. The van der Waals surface area contributed by atoms with Gasteiger partial charge in [0, 0.05) is 41.1 Å². The molecule has 2 heterocycles. The van der Waals surface area contributed by atoms with Gasteiger partial charge in [0.1, 0.15) is 0 Å². The van der Waals surface area contributed by atoms with Gasteiger partial charge in [-0.1, -0.05) is 29.8 Å². The Morgan fingerprint density at radius 2 is 1.82 bits per heavy atom. The zero-order valence-electron chi connectivity index (χ0n) is 18.5. The number of nitrogens with zero attached hydrogens (tertiary/aromatic N) is 3. The van der Waals surface area contributed by atoms with E-state index in [1.54, 1.807) is 0 Å². The number of nitro groups is 1. The van der Waals surface area contributed by atoms with Crippen molar-refractivity contribution >= 4 is 39.8 Å². The molecule has 10 heteroatoms. The molecular formula is C24H21N3O6S. The van der Waals surface area contributed by atoms with Crippen LogP contribution in [0.5, 0.6) is 0 Å². The molecule has 0 saturated carbocycles. The van der Waals surface area contributed by atoms with Gasteiger partial charge in [0.15, 0.2) is 17.5 Å². The molecule has 0 unspecified atom stereocenters. The highest BCUT2D eigenvalue weighted by molar-refractivity contribution is 7.16. The molecule has 1 amide bonds. The van der Waals surface area contributed by atoms with Crippen LogP contribution in [0.1, 0.15) is 27.2 Å². The highest BCUT2D eigenvalue weighted by atomic mass is 32.1. The van der Waals surface area contributed by atoms with Gasteiger partial charge in [-0.2, -0.15) is 0 Å². The third-order valence-electron chi connectivity index (χ3n) is 5.55. The predicted molar refractivity (Wildman–Crippen MR) is 126 cm³/mol. The smallest absolute Gasteiger partial charge is 0.311 e. The van der Waals surface area contributed by atoms with Crippen LogP contribution in [0.4, 0.5) is 10.8 Å². The number of Topliss-reactive ketones (excluding diaryl/α,β-unsaturated/α-hetero) is 1. The Bertz CT molecular complexity index is 1270. The predicted octanol–water partition coefficient (Wildman–Crippen LogP) is 4.11. The van der Waals surface area contributed by atoms with Crippen LogP contribution in [0.25, 0.3) is 11.3 Å². The van der Waals surface area contributed by atoms with Crippen molar-refractivity contribution in [1.29, 1.82) is 0 Å². The number of carbonyl (C=O) groups is 3. The second-order valence-electron chi connectivity index (χ2n) is 8.01. The van der Waals surface area contributed by atoms with Gasteiger partial charge in [-0.05, 0) is 26.0 Å². The molecule has 0 spiro atoms. The second kappa shape index (κ2) is 9.52. The van der Waals surface area contributed by atoms with Crippen LogP contribution in [0.2, 0.25) is 0 Å². The SMILES string of the molecule is Cc1ccc(-c2nc(N3C[C@H](C(=O)OCC(=O)c4ccc([N+](=O)[O-])cc4)CC3=O)sc2C)cc1. The molecule has 174 valence electrons. The van der Waals surface area contributed by atoms with Gasteiger partial charge < -0.3 is 4.74 Å². The number of ketones is 1. The Balaban J connectivity index is 1.38. The molecule has 34 heavy (non-hydrogen) atoms. The van der Waals surface area contributed by atoms with Gasteiger partial charge in [0.2, 0.25) is 5.91 Å². The first-order chi connectivity index (χ1) is 16.2. The number of ether oxygens (including phenoxy) is 1. The van der Waals surface area contributed by atoms with E-state index in [-0.39, 0.29) is 30.1 Å². The minimum absolute atomic E-state index is 0.0248. The van der Waals surface area contributed by atoms with Gasteiger partial charge in [-0.25, -0.2) is 4.98 Å². The van der Waals surface area contributed by atoms with Crippen LogP contribution >= 0.6 is 11.3 Å². The number of benzene rings is 2. The first kappa shape index (κ1) is 23.2. The van der Waals surface area contributed by atoms with Crippen molar-refractivity contribution in [3.63, 3.8) is 0 Å². The number of rotatable bonds is 7. The van der Waals surface area contributed by atoms with E-state index in [4.69, 9.17) is 4.74 Å². The molecule has 1 aromatic heterocycles. The minimum atomic E-state index is -0.704. The van der Waals surface area contributed by atoms with Crippen molar-refractivity contribution < 1.29 is 24.0 Å². The van der Waals surface area contributed by atoms with Crippen molar-refractivity contribution in [2.75, 3.05) is 18.1 Å². The molecule has 1 saturated heterocycles. The van der Waals surface area contributed by atoms with Crippen molar-refractivity contribution in [1.82, 2.24) is 4.98 Å². The van der Waals surface area contributed by atoms with E-state index in [0.717, 1.165) is 21.7 Å². The fraction of sp³-hybridized carbons (Fsp3) is 0.250. The van der Waals surface area contributed by atoms with E-state index in [0.29, 0.717) is 5.13 Å². The summed E-state index contributed by atoms with van der Waals surface area (Å²) in [5, 5.41) is 11.2. The Hall–Kier alpha value is -3.92. The number of nitro benzene ring substituents is 1. The number of hydrogen-bond donors (Lipinski definition) is 0. The maximum absolute atomic E-state index is 12.6. The number of carbonyl (C=O) groups excluding carboxylic acids is 3. The molecule has 1 atom stereocenters. The molecule has 1 aliphatic heterocycles. The number of non-ortho nitro benzene ring substituents is 1. The van der Waals surface area contributed by atoms with E-state index < -0.39 is 29.2 Å². The third kappa shape index (κ3) is 4.86. The minimum Gasteiger partial charge on any atom is -0.457 e. The quantitative estimate of drug-likeness (QED) is 0.216. The van der Waals surface area contributed by atoms with Gasteiger partial charge in [0.25, 0.3) is 5.69 Å². The summed E-state index contributed by atoms with van der Waals surface area (Å²) in [4.78, 5) is 54.6. The maximum atomic E-state index is 12.6. The van der Waals surface area contributed by atoms with E-state index in [9.17, 15) is 24.5 Å². The number of anilines is 1. The van der Waals surface area contributed by atoms with Crippen molar-refractivity contribution in [3.05, 3.63) is 74.6 Å². The summed E-state index contributed by atoms with van der Waals surface area (Å²) in [6.07, 6.45) is -0.0248. The van der Waals surface area contributed by atoms with Crippen molar-refractivity contribution in [3.8, 4) is 11.3 Å². The normalized spacial score (nSPS) is 15.4. The molecule has 0 radical (unpaired) electrons. The van der Waals surface area contributed by atoms with Gasteiger partial charge in [0.05, 0.1) is 16.5 Å². The monoisotopic (exact) mass is 479 g/mol. The van der Waals surface area contributed by atoms with Crippen LogP contribution in [0.15, 0.2) is 48.5 Å². The average Bonchev–Trinajstić information content (AvgIpc) is 3.40. The fourth-order valence-corrected chi connectivity index (χ4v) is 4.59. The van der Waals surface area contributed by atoms with Crippen LogP contribution in [-0.2, 0) is 14.3 Å². The molecule has 2 aromatic carbocycles. The molecular weight excluding hydrogens is 458 g/mol. The summed E-state index contributed by atoms with van der Waals surface area (Å²) in [6, 6.07) is 13.0. The average molecular weight is 480 g/mol. The fourth-order valence-electron chi connectivity index (χ4n) is 3.63. The number of aromatic nitrogens is 1. The van der Waals surface area contributed by atoms with Gasteiger partial charge in [-0.15, -0.1) is 11.3 Å². The number of thiazole rings is 1. The van der Waals surface area contributed by atoms with E-state index in [2.05, 4.69) is 4.98 Å². The van der Waals surface area contributed by atoms with Crippen molar-refractivity contribution in [2.24, 2.45) is 5.92 Å². The Morgan fingerprint density at radius 3 is 2.47 bits per heavy atom. The molecule has 0 aliphatic carbocycles. The molecule has 1 fully saturated rings. The summed E-state index contributed by atoms with van der Waals surface area (Å²) in [5.41, 5.74) is 2.95. The van der Waals surface area contributed by atoms with E-state index >= 15 is 0 Å². The molecule has 1 aliphatic rings. The highest BCUT2D eigenvalue weighted by Crippen LogP contribution is 2.35. The summed E-state index contributed by atoms with van der Waals surface area (Å²) in [7, 11) is 0. The topological polar surface area (TPSA) is 120 Å². The molecule has 3 aromatic rings. The van der Waals surface area contributed by atoms with Gasteiger partial charge in [-0.3, -0.25) is 29.4 Å². The molecule has 4 rings (SSSR count). The molecule has 0 N–H and O–H groups in total. The van der Waals surface area contributed by atoms with E-state index in [1.165, 1.54) is 40.5 Å². The summed E-state index contributed by atoms with van der Waals surface area (Å²) in [5.74, 6) is -2.06. The standard InChI is InChI=1S/C24H21N3O6S/c1-14-3-5-17(6-4-14)22-15(2)34-24(25-22)26-12-18(11-21(26)29)23(30)33-13-20(28)16-7-9-19(10-8-16)27(31)32/h3-10,18H,11-13H2,1-2H3/t18-/m1/s1. The second-order valence-corrected chi connectivity index (χ2v) is 9.19. The first-order valence-corrected chi connectivity index (χ1v) is 11.3. The highest BCUT2D eigenvalue weighted by Gasteiger charge is 2.38. The number of aryl methyl sites for hydroxylation is 2. The summed E-state index contributed by atoms with van der Waals surface area (Å²) in [6.45, 7) is 3.57. The maximum Gasteiger partial charge on any atom is 0.311 e. The lowest BCUT2D eigenvalue weighted by Gasteiger charge is -2.12. The number of amides is 1. The Labute approximate surface area is 199 Å². The summed E-state index contributed by atoms with van der Waals surface area (Å²) < 4.78 is 5.14. The van der Waals surface area contributed by atoms with Crippen LogP contribution in [0.3, 0.4) is 0 Å². The van der Waals surface area contributed by atoms with Crippen LogP contribution < -0.4 is 4.90 Å². The molecule has 0 bridgehead atoms. The summed E-state index contributed by atoms with van der Waals surface area (Å²) >= 11 is 1.39. The largest absolute Gasteiger partial charge is 0.457 e. The Morgan fingerprint density at radius 1 is 1.15 bits per heavy atom. The van der Waals surface area contributed by atoms with Crippen LogP contribution in [-0.4, -0.2) is 40.7 Å². The molecule has 9 nitrogen and oxygen atoms in total. The lowest BCUT2D eigenvalue weighted by Crippen LogP contribution is -2.27. The Kier molecular flexibility index (Phi) is 6.51. The van der Waals surface area contributed by atoms with E-state index in [1.807, 2.05) is 38.1 Å². The van der Waals surface area contributed by atoms with Crippen LogP contribution in [0, 0.1) is 29.9 Å². The van der Waals surface area contributed by atoms with Gasteiger partial charge >= 0.3 is 5.97 Å². The number of esters is 1.